The maximum atomic E-state index is 13.6. The molecule has 2 unspecified atom stereocenters. The summed E-state index contributed by atoms with van der Waals surface area (Å²) in [6.45, 7) is 6.33. The number of amides is 4. The van der Waals surface area contributed by atoms with E-state index in [0.29, 0.717) is 30.2 Å². The highest BCUT2D eigenvalue weighted by molar-refractivity contribution is 6.24. The highest BCUT2D eigenvalue weighted by Gasteiger charge is 2.52. The van der Waals surface area contributed by atoms with E-state index >= 15 is 0 Å². The number of aliphatic hydroxyl groups is 1. The van der Waals surface area contributed by atoms with Crippen LogP contribution in [-0.4, -0.2) is 92.9 Å². The zero-order valence-corrected chi connectivity index (χ0v) is 32.6. The van der Waals surface area contributed by atoms with Crippen molar-refractivity contribution in [2.75, 3.05) is 31.1 Å². The molecule has 3 aromatic carbocycles. The van der Waals surface area contributed by atoms with Crippen molar-refractivity contribution in [2.45, 2.75) is 89.2 Å². The van der Waals surface area contributed by atoms with E-state index in [9.17, 15) is 24.3 Å². The Morgan fingerprint density at radius 1 is 0.879 bits per heavy atom. The molecule has 4 fully saturated rings. The molecule has 13 nitrogen and oxygen atoms in total. The summed E-state index contributed by atoms with van der Waals surface area (Å²) in [4.78, 5) is 66.0. The van der Waals surface area contributed by atoms with Gasteiger partial charge < -0.3 is 19.5 Å². The third-order valence-corrected chi connectivity index (χ3v) is 12.5. The molecule has 2 atom stereocenters. The van der Waals surface area contributed by atoms with Gasteiger partial charge in [-0.1, -0.05) is 55.5 Å². The number of carbonyl (C=O) groups is 4. The van der Waals surface area contributed by atoms with Gasteiger partial charge in [-0.15, -0.1) is 0 Å². The molecule has 4 amide bonds. The first kappa shape index (κ1) is 37.9. The normalized spacial score (nSPS) is 21.4. The fraction of sp³-hybridized carbons (Fsp3) is 0.422. The van der Waals surface area contributed by atoms with E-state index in [4.69, 9.17) is 14.5 Å². The van der Waals surface area contributed by atoms with Gasteiger partial charge in [0.15, 0.2) is 0 Å². The van der Waals surface area contributed by atoms with Crippen molar-refractivity contribution in [3.63, 3.8) is 0 Å². The first-order valence-electron chi connectivity index (χ1n) is 20.4. The van der Waals surface area contributed by atoms with Gasteiger partial charge in [0.05, 0.1) is 22.9 Å². The SMILES string of the molecule is CC(Cc1ccccc1OCc1ccnc(N2CC3(CC(O)C3)C2)n1)c1ccccc1OC1CCN(Cc2cccc3c2C(=O)N(C2CCC(=O)NC2=O)C3=O)CC1. The summed E-state index contributed by atoms with van der Waals surface area (Å²) in [5.74, 6) is 0.593. The smallest absolute Gasteiger partial charge is 0.262 e. The van der Waals surface area contributed by atoms with Crippen LogP contribution < -0.4 is 19.7 Å². The molecule has 5 aliphatic rings. The van der Waals surface area contributed by atoms with Gasteiger partial charge in [-0.3, -0.25) is 34.3 Å². The number of imide groups is 2. The number of para-hydroxylation sites is 2. The van der Waals surface area contributed by atoms with Crippen molar-refractivity contribution in [3.05, 3.63) is 113 Å². The zero-order valence-electron chi connectivity index (χ0n) is 32.6. The second kappa shape index (κ2) is 15.6. The Kier molecular flexibility index (Phi) is 10.2. The molecule has 13 heteroatoms. The number of fused-ring (bicyclic) bond motifs is 1. The number of nitrogens with one attached hydrogen (secondary N) is 1. The monoisotopic (exact) mass is 784 g/mol. The number of likely N-dealkylation sites (tertiary alicyclic amines) is 1. The second-order valence-electron chi connectivity index (χ2n) is 16.7. The first-order valence-corrected chi connectivity index (χ1v) is 20.4. The van der Waals surface area contributed by atoms with Crippen molar-refractivity contribution >= 4 is 29.6 Å². The Bertz CT molecular complexity index is 2240. The molecule has 1 aromatic heterocycles. The molecule has 0 bridgehead atoms. The van der Waals surface area contributed by atoms with E-state index in [0.717, 1.165) is 97.1 Å². The lowest BCUT2D eigenvalue weighted by molar-refractivity contribution is -0.136. The Hall–Kier alpha value is -5.66. The van der Waals surface area contributed by atoms with Crippen molar-refractivity contribution in [2.24, 2.45) is 5.41 Å². The van der Waals surface area contributed by atoms with Gasteiger partial charge >= 0.3 is 0 Å². The molecular weight excluding hydrogens is 737 g/mol. The molecule has 58 heavy (non-hydrogen) atoms. The lowest BCUT2D eigenvalue weighted by atomic mass is 9.62. The van der Waals surface area contributed by atoms with Crippen LogP contribution in [0.2, 0.25) is 0 Å². The van der Waals surface area contributed by atoms with Crippen molar-refractivity contribution in [1.29, 1.82) is 0 Å². The maximum absolute atomic E-state index is 13.6. The van der Waals surface area contributed by atoms with Gasteiger partial charge in [-0.25, -0.2) is 9.97 Å². The summed E-state index contributed by atoms with van der Waals surface area (Å²) in [7, 11) is 0. The number of piperidine rings is 2. The molecule has 1 spiro atoms. The van der Waals surface area contributed by atoms with E-state index in [1.54, 1.807) is 18.3 Å². The first-order chi connectivity index (χ1) is 28.1. The Morgan fingerprint density at radius 3 is 2.40 bits per heavy atom. The van der Waals surface area contributed by atoms with Gasteiger partial charge in [-0.05, 0) is 85.4 Å². The molecule has 3 saturated heterocycles. The van der Waals surface area contributed by atoms with E-state index in [1.807, 2.05) is 42.5 Å². The van der Waals surface area contributed by atoms with Gasteiger partial charge in [-0.2, -0.15) is 0 Å². The largest absolute Gasteiger partial charge is 0.490 e. The topological polar surface area (TPSA) is 154 Å². The molecule has 4 aliphatic heterocycles. The minimum absolute atomic E-state index is 0.0211. The van der Waals surface area contributed by atoms with Gasteiger partial charge in [0.2, 0.25) is 17.8 Å². The van der Waals surface area contributed by atoms with Crippen molar-refractivity contribution < 1.29 is 33.8 Å². The zero-order chi connectivity index (χ0) is 40.0. The molecular formula is C45H48N6O7. The van der Waals surface area contributed by atoms with Crippen LogP contribution in [0.1, 0.15) is 94.5 Å². The van der Waals surface area contributed by atoms with E-state index < -0.39 is 29.7 Å². The minimum atomic E-state index is -0.989. The predicted octanol–water partition coefficient (Wildman–Crippen LogP) is 4.81. The number of rotatable bonds is 12. The quantitative estimate of drug-likeness (QED) is 0.190. The van der Waals surface area contributed by atoms with Crippen LogP contribution in [0.4, 0.5) is 5.95 Å². The highest BCUT2D eigenvalue weighted by atomic mass is 16.5. The number of aromatic nitrogens is 2. The summed E-state index contributed by atoms with van der Waals surface area (Å²) in [5, 5.41) is 12.0. The number of benzene rings is 3. The molecule has 4 aromatic rings. The van der Waals surface area contributed by atoms with Crippen LogP contribution in [0.15, 0.2) is 79.0 Å². The van der Waals surface area contributed by atoms with Crippen LogP contribution in [0.3, 0.4) is 0 Å². The summed E-state index contributed by atoms with van der Waals surface area (Å²) in [6, 6.07) is 22.6. The summed E-state index contributed by atoms with van der Waals surface area (Å²) < 4.78 is 13.1. The fourth-order valence-corrected chi connectivity index (χ4v) is 9.44. The molecule has 5 heterocycles. The van der Waals surface area contributed by atoms with E-state index in [1.165, 1.54) is 0 Å². The van der Waals surface area contributed by atoms with E-state index in [-0.39, 0.29) is 36.4 Å². The molecule has 2 N–H and O–H groups in total. The summed E-state index contributed by atoms with van der Waals surface area (Å²) in [6.07, 6.45) is 5.95. The predicted molar refractivity (Wildman–Crippen MR) is 213 cm³/mol. The van der Waals surface area contributed by atoms with Crippen LogP contribution >= 0.6 is 0 Å². The lowest BCUT2D eigenvalue weighted by Crippen LogP contribution is -2.64. The number of ether oxygens (including phenoxy) is 2. The van der Waals surface area contributed by atoms with Crippen LogP contribution in [0.5, 0.6) is 11.5 Å². The Balaban J connectivity index is 0.796. The van der Waals surface area contributed by atoms with Crippen LogP contribution in [0.25, 0.3) is 0 Å². The number of hydrogen-bond donors (Lipinski definition) is 2. The molecule has 300 valence electrons. The number of carbonyl (C=O) groups excluding carboxylic acids is 4. The van der Waals surface area contributed by atoms with Gasteiger partial charge in [0.1, 0.15) is 30.3 Å². The Morgan fingerprint density at radius 2 is 1.62 bits per heavy atom. The van der Waals surface area contributed by atoms with E-state index in [2.05, 4.69) is 45.2 Å². The van der Waals surface area contributed by atoms with Crippen molar-refractivity contribution in [3.8, 4) is 11.5 Å². The lowest BCUT2D eigenvalue weighted by Gasteiger charge is -2.57. The molecule has 1 aliphatic carbocycles. The average molecular weight is 785 g/mol. The van der Waals surface area contributed by atoms with Crippen LogP contribution in [-0.2, 0) is 29.2 Å². The maximum Gasteiger partial charge on any atom is 0.262 e. The minimum Gasteiger partial charge on any atom is -0.490 e. The number of nitrogens with zero attached hydrogens (tertiary/aromatic N) is 5. The summed E-state index contributed by atoms with van der Waals surface area (Å²) >= 11 is 0. The number of aliphatic hydroxyl groups excluding tert-OH is 1. The number of anilines is 1. The van der Waals surface area contributed by atoms with Gasteiger partial charge in [0, 0.05) is 50.8 Å². The van der Waals surface area contributed by atoms with Crippen LogP contribution in [0, 0.1) is 5.41 Å². The standard InChI is InChI=1S/C45H48N6O7/c1-28(21-29-7-2-4-11-37(29)57-25-31-15-18-46-44(47-31)50-26-45(27-50)22-32(52)23-45)34-9-3-5-12-38(34)58-33-16-19-49(20-17-33)24-30-8-6-10-35-40(30)43(56)51(42(35)55)36-13-14-39(53)48-41(36)54/h2-12,15,18,28,32-33,36,52H,13-14,16-17,19-27H2,1H3,(H,48,53,54). The fourth-order valence-electron chi connectivity index (χ4n) is 9.44. The Labute approximate surface area is 337 Å². The average Bonchev–Trinajstić information content (AvgIpc) is 3.45. The summed E-state index contributed by atoms with van der Waals surface area (Å²) in [5.41, 5.74) is 4.70. The highest BCUT2D eigenvalue weighted by Crippen LogP contribution is 2.49. The van der Waals surface area contributed by atoms with Crippen molar-refractivity contribution in [1.82, 2.24) is 25.1 Å². The number of hydrogen-bond acceptors (Lipinski definition) is 11. The third-order valence-electron chi connectivity index (χ3n) is 12.5. The third kappa shape index (κ3) is 7.44. The van der Waals surface area contributed by atoms with Gasteiger partial charge in [0.25, 0.3) is 11.8 Å². The second-order valence-corrected chi connectivity index (χ2v) is 16.7. The molecule has 0 radical (unpaired) electrons. The molecule has 9 rings (SSSR count). The molecule has 1 saturated carbocycles.